The number of carbonyl (C=O) groups is 1. The highest BCUT2D eigenvalue weighted by molar-refractivity contribution is 5.91. The Bertz CT molecular complexity index is 424. The average molecular weight is 280 g/mol. The van der Waals surface area contributed by atoms with E-state index in [-0.39, 0.29) is 5.91 Å². The molecule has 7 nitrogen and oxygen atoms in total. The van der Waals surface area contributed by atoms with Gasteiger partial charge in [0.25, 0.3) is 5.91 Å². The van der Waals surface area contributed by atoms with Gasteiger partial charge in [0.2, 0.25) is 0 Å². The summed E-state index contributed by atoms with van der Waals surface area (Å²) in [6.45, 7) is 4.09. The van der Waals surface area contributed by atoms with E-state index in [1.165, 1.54) is 12.8 Å². The van der Waals surface area contributed by atoms with Gasteiger partial charge in [-0.1, -0.05) is 5.21 Å². The molecule has 1 aliphatic heterocycles. The molecule has 0 atom stereocenters. The van der Waals surface area contributed by atoms with Crippen LogP contribution in [0.15, 0.2) is 6.20 Å². The summed E-state index contributed by atoms with van der Waals surface area (Å²) in [6, 6.07) is 0. The van der Waals surface area contributed by atoms with Gasteiger partial charge in [0.1, 0.15) is 0 Å². The minimum atomic E-state index is -0.152. The summed E-state index contributed by atoms with van der Waals surface area (Å²) in [7, 11) is 2.16. The molecule has 0 aliphatic carbocycles. The Kier molecular flexibility index (Phi) is 5.49. The number of amides is 1. The molecule has 20 heavy (non-hydrogen) atoms. The lowest BCUT2D eigenvalue weighted by Gasteiger charge is -2.28. The molecule has 2 rings (SSSR count). The molecule has 3 N–H and O–H groups in total. The van der Waals surface area contributed by atoms with Gasteiger partial charge in [0.15, 0.2) is 5.69 Å². The number of likely N-dealkylation sites (tertiary alicyclic amines) is 1. The van der Waals surface area contributed by atoms with Crippen LogP contribution in [-0.4, -0.2) is 59.0 Å². The van der Waals surface area contributed by atoms with Gasteiger partial charge in [0.05, 0.1) is 12.7 Å². The zero-order valence-corrected chi connectivity index (χ0v) is 12.1. The molecule has 0 saturated carbocycles. The lowest BCUT2D eigenvalue weighted by Crippen LogP contribution is -2.32. The summed E-state index contributed by atoms with van der Waals surface area (Å²) in [5.74, 6) is 0.570. The predicted octanol–water partition coefficient (Wildman–Crippen LogP) is -0.301. The van der Waals surface area contributed by atoms with E-state index in [1.54, 1.807) is 10.9 Å². The van der Waals surface area contributed by atoms with Crippen LogP contribution in [0.2, 0.25) is 0 Å². The van der Waals surface area contributed by atoms with Crippen molar-refractivity contribution < 1.29 is 4.79 Å². The molecule has 1 amide bonds. The van der Waals surface area contributed by atoms with Gasteiger partial charge in [-0.15, -0.1) is 5.10 Å². The number of nitrogens with two attached hydrogens (primary N) is 1. The molecule has 1 aromatic heterocycles. The normalized spacial score (nSPS) is 17.3. The third-order valence-electron chi connectivity index (χ3n) is 3.81. The Morgan fingerprint density at radius 2 is 2.25 bits per heavy atom. The van der Waals surface area contributed by atoms with Gasteiger partial charge in [-0.2, -0.15) is 0 Å². The molecule has 1 fully saturated rings. The van der Waals surface area contributed by atoms with Crippen molar-refractivity contribution in [2.75, 3.05) is 33.2 Å². The molecule has 0 radical (unpaired) electrons. The van der Waals surface area contributed by atoms with Gasteiger partial charge in [-0.05, 0) is 45.3 Å². The molecule has 0 bridgehead atoms. The maximum atomic E-state index is 11.9. The molecule has 2 heterocycles. The van der Waals surface area contributed by atoms with Crippen LogP contribution in [-0.2, 0) is 6.54 Å². The van der Waals surface area contributed by atoms with E-state index in [9.17, 15) is 4.79 Å². The van der Waals surface area contributed by atoms with Crippen molar-refractivity contribution >= 4 is 5.91 Å². The van der Waals surface area contributed by atoms with Crippen LogP contribution in [0, 0.1) is 5.92 Å². The van der Waals surface area contributed by atoms with E-state index in [0.717, 1.165) is 25.4 Å². The molecule has 1 saturated heterocycles. The fourth-order valence-corrected chi connectivity index (χ4v) is 2.48. The van der Waals surface area contributed by atoms with Crippen molar-refractivity contribution in [3.8, 4) is 0 Å². The summed E-state index contributed by atoms with van der Waals surface area (Å²) in [4.78, 5) is 14.2. The Hall–Kier alpha value is -1.47. The van der Waals surface area contributed by atoms with E-state index in [4.69, 9.17) is 5.73 Å². The van der Waals surface area contributed by atoms with Crippen molar-refractivity contribution in [1.82, 2.24) is 25.2 Å². The van der Waals surface area contributed by atoms with Crippen molar-refractivity contribution in [1.29, 1.82) is 0 Å². The summed E-state index contributed by atoms with van der Waals surface area (Å²) in [5.41, 5.74) is 5.79. The first-order chi connectivity index (χ1) is 9.69. The molecular weight excluding hydrogens is 256 g/mol. The smallest absolute Gasteiger partial charge is 0.273 e. The number of aromatic nitrogens is 3. The maximum absolute atomic E-state index is 11.9. The molecule has 7 heteroatoms. The first-order valence-corrected chi connectivity index (χ1v) is 7.26. The highest BCUT2D eigenvalue weighted by Gasteiger charge is 2.17. The van der Waals surface area contributed by atoms with Gasteiger partial charge in [-0.3, -0.25) is 9.48 Å². The molecule has 1 aliphatic rings. The van der Waals surface area contributed by atoms with Gasteiger partial charge in [0, 0.05) is 13.1 Å². The minimum absolute atomic E-state index is 0.152. The van der Waals surface area contributed by atoms with E-state index < -0.39 is 0 Å². The fourth-order valence-electron chi connectivity index (χ4n) is 2.48. The second kappa shape index (κ2) is 7.35. The SMILES string of the molecule is CN1CCC(CCNC(=O)c2cn(CCN)nn2)CC1. The highest BCUT2D eigenvalue weighted by atomic mass is 16.2. The Morgan fingerprint density at radius 1 is 1.50 bits per heavy atom. The zero-order chi connectivity index (χ0) is 14.4. The number of hydrogen-bond donors (Lipinski definition) is 2. The lowest BCUT2D eigenvalue weighted by atomic mass is 9.94. The molecule has 112 valence electrons. The zero-order valence-electron chi connectivity index (χ0n) is 12.1. The summed E-state index contributed by atoms with van der Waals surface area (Å²) < 4.78 is 1.59. The number of carbonyl (C=O) groups excluding carboxylic acids is 1. The van der Waals surface area contributed by atoms with Crippen molar-refractivity contribution in [3.63, 3.8) is 0 Å². The third kappa shape index (κ3) is 4.28. The predicted molar refractivity (Wildman–Crippen MR) is 76.2 cm³/mol. The van der Waals surface area contributed by atoms with Crippen LogP contribution in [0.4, 0.5) is 0 Å². The van der Waals surface area contributed by atoms with Crippen LogP contribution in [0.1, 0.15) is 29.8 Å². The standard InChI is InChI=1S/C13H24N6O/c1-18-7-3-11(4-8-18)2-6-15-13(20)12-10-19(9-5-14)17-16-12/h10-11H,2-9,14H2,1H3,(H,15,20). The number of rotatable bonds is 6. The molecular formula is C13H24N6O. The number of nitrogens with one attached hydrogen (secondary N) is 1. The van der Waals surface area contributed by atoms with Crippen LogP contribution in [0.3, 0.4) is 0 Å². The van der Waals surface area contributed by atoms with E-state index in [0.29, 0.717) is 25.3 Å². The van der Waals surface area contributed by atoms with Crippen molar-refractivity contribution in [3.05, 3.63) is 11.9 Å². The number of nitrogens with zero attached hydrogens (tertiary/aromatic N) is 4. The lowest BCUT2D eigenvalue weighted by molar-refractivity contribution is 0.0944. The third-order valence-corrected chi connectivity index (χ3v) is 3.81. The topological polar surface area (TPSA) is 89.1 Å². The summed E-state index contributed by atoms with van der Waals surface area (Å²) in [6.07, 6.45) is 5.12. The fraction of sp³-hybridized carbons (Fsp3) is 0.769. The van der Waals surface area contributed by atoms with Gasteiger partial charge >= 0.3 is 0 Å². The van der Waals surface area contributed by atoms with E-state index in [1.807, 2.05) is 0 Å². The van der Waals surface area contributed by atoms with Crippen molar-refractivity contribution in [2.45, 2.75) is 25.8 Å². The quantitative estimate of drug-likeness (QED) is 0.747. The molecule has 0 aromatic carbocycles. The highest BCUT2D eigenvalue weighted by Crippen LogP contribution is 2.18. The maximum Gasteiger partial charge on any atom is 0.273 e. The summed E-state index contributed by atoms with van der Waals surface area (Å²) >= 11 is 0. The molecule has 1 aromatic rings. The monoisotopic (exact) mass is 280 g/mol. The Morgan fingerprint density at radius 3 is 2.95 bits per heavy atom. The second-order valence-corrected chi connectivity index (χ2v) is 5.45. The largest absolute Gasteiger partial charge is 0.351 e. The Balaban J connectivity index is 1.69. The second-order valence-electron chi connectivity index (χ2n) is 5.45. The molecule has 0 spiro atoms. The first kappa shape index (κ1) is 14.9. The Labute approximate surface area is 119 Å². The number of piperidine rings is 1. The summed E-state index contributed by atoms with van der Waals surface area (Å²) in [5, 5.41) is 10.6. The van der Waals surface area contributed by atoms with Crippen LogP contribution < -0.4 is 11.1 Å². The minimum Gasteiger partial charge on any atom is -0.351 e. The van der Waals surface area contributed by atoms with Crippen LogP contribution in [0.5, 0.6) is 0 Å². The van der Waals surface area contributed by atoms with Gasteiger partial charge < -0.3 is 16.0 Å². The first-order valence-electron chi connectivity index (χ1n) is 7.26. The van der Waals surface area contributed by atoms with Crippen LogP contribution >= 0.6 is 0 Å². The van der Waals surface area contributed by atoms with Gasteiger partial charge in [-0.25, -0.2) is 0 Å². The number of hydrogen-bond acceptors (Lipinski definition) is 5. The van der Waals surface area contributed by atoms with E-state index in [2.05, 4.69) is 27.6 Å². The average Bonchev–Trinajstić information content (AvgIpc) is 2.90. The molecule has 0 unspecified atom stereocenters. The van der Waals surface area contributed by atoms with Crippen LogP contribution in [0.25, 0.3) is 0 Å². The van der Waals surface area contributed by atoms with Crippen molar-refractivity contribution in [2.24, 2.45) is 11.7 Å². The van der Waals surface area contributed by atoms with E-state index >= 15 is 0 Å².